The molecule has 1 amide bonds. The van der Waals surface area contributed by atoms with Crippen molar-refractivity contribution in [2.24, 2.45) is 11.0 Å². The van der Waals surface area contributed by atoms with Gasteiger partial charge in [-0.15, -0.1) is 0 Å². The summed E-state index contributed by atoms with van der Waals surface area (Å²) in [6.07, 6.45) is 1.69. The Balaban J connectivity index is 2.45. The summed E-state index contributed by atoms with van der Waals surface area (Å²) in [5, 5.41) is 7.36. The number of pyridine rings is 1. The fourth-order valence-corrected chi connectivity index (χ4v) is 1.76. The van der Waals surface area contributed by atoms with E-state index in [2.05, 4.69) is 15.7 Å². The molecule has 18 heavy (non-hydrogen) atoms. The van der Waals surface area contributed by atoms with Gasteiger partial charge in [0, 0.05) is 12.7 Å². The standard InChI is InChI=1S/C9H15N5O3S/c10-14-7-2-4-12-8(6-7)9(15)13-3-1-5-18(11,16)17/h2,4,6H,1,3,5,10H2,(H,12,14)(H,13,15)(H2,11,16,17). The number of amides is 1. The van der Waals surface area contributed by atoms with Crippen LogP contribution in [-0.2, 0) is 10.0 Å². The average Bonchev–Trinajstić information content (AvgIpc) is 2.33. The second kappa shape index (κ2) is 6.28. The number of nitrogen functional groups attached to an aromatic ring is 1. The number of aromatic nitrogens is 1. The van der Waals surface area contributed by atoms with Crippen molar-refractivity contribution in [1.82, 2.24) is 10.3 Å². The number of carbonyl (C=O) groups is 1. The first-order chi connectivity index (χ1) is 8.42. The van der Waals surface area contributed by atoms with Crippen LogP contribution in [0.3, 0.4) is 0 Å². The van der Waals surface area contributed by atoms with Gasteiger partial charge in [-0.2, -0.15) is 0 Å². The summed E-state index contributed by atoms with van der Waals surface area (Å²) in [4.78, 5) is 15.5. The van der Waals surface area contributed by atoms with Crippen LogP contribution in [0.25, 0.3) is 0 Å². The molecule has 1 aromatic rings. The highest BCUT2D eigenvalue weighted by atomic mass is 32.2. The maximum absolute atomic E-state index is 11.6. The quantitative estimate of drug-likeness (QED) is 0.291. The van der Waals surface area contributed by atoms with E-state index < -0.39 is 15.9 Å². The smallest absolute Gasteiger partial charge is 0.269 e. The van der Waals surface area contributed by atoms with Crippen LogP contribution in [0.4, 0.5) is 5.69 Å². The number of rotatable bonds is 6. The van der Waals surface area contributed by atoms with Crippen LogP contribution < -0.4 is 21.7 Å². The van der Waals surface area contributed by atoms with Gasteiger partial charge in [-0.25, -0.2) is 13.6 Å². The van der Waals surface area contributed by atoms with E-state index in [1.54, 1.807) is 6.07 Å². The average molecular weight is 273 g/mol. The van der Waals surface area contributed by atoms with Crippen LogP contribution in [0.15, 0.2) is 18.3 Å². The molecule has 8 nitrogen and oxygen atoms in total. The Morgan fingerprint density at radius 3 is 2.78 bits per heavy atom. The lowest BCUT2D eigenvalue weighted by molar-refractivity contribution is 0.0949. The number of hydrazine groups is 1. The van der Waals surface area contributed by atoms with Gasteiger partial charge in [-0.3, -0.25) is 15.6 Å². The molecule has 1 rings (SSSR count). The molecule has 1 heterocycles. The fraction of sp³-hybridized carbons (Fsp3) is 0.333. The first-order valence-electron chi connectivity index (χ1n) is 5.14. The molecule has 0 aromatic carbocycles. The van der Waals surface area contributed by atoms with E-state index in [1.807, 2.05) is 0 Å². The second-order valence-electron chi connectivity index (χ2n) is 3.55. The molecule has 0 saturated heterocycles. The zero-order chi connectivity index (χ0) is 13.6. The Labute approximate surface area is 105 Å². The second-order valence-corrected chi connectivity index (χ2v) is 5.28. The highest BCUT2D eigenvalue weighted by Gasteiger charge is 2.08. The molecule has 9 heteroatoms. The van der Waals surface area contributed by atoms with E-state index >= 15 is 0 Å². The molecule has 0 aliphatic carbocycles. The van der Waals surface area contributed by atoms with Gasteiger partial charge in [-0.05, 0) is 18.6 Å². The van der Waals surface area contributed by atoms with Gasteiger partial charge >= 0.3 is 0 Å². The van der Waals surface area contributed by atoms with Crippen molar-refractivity contribution in [3.05, 3.63) is 24.0 Å². The minimum absolute atomic E-state index is 0.175. The van der Waals surface area contributed by atoms with Crippen molar-refractivity contribution < 1.29 is 13.2 Å². The van der Waals surface area contributed by atoms with Gasteiger partial charge in [0.1, 0.15) is 5.69 Å². The van der Waals surface area contributed by atoms with Crippen molar-refractivity contribution in [2.45, 2.75) is 6.42 Å². The third-order valence-electron chi connectivity index (χ3n) is 2.05. The van der Waals surface area contributed by atoms with E-state index in [9.17, 15) is 13.2 Å². The van der Waals surface area contributed by atoms with E-state index in [0.717, 1.165) is 0 Å². The molecule has 0 aliphatic rings. The Kier molecular flexibility index (Phi) is 5.01. The summed E-state index contributed by atoms with van der Waals surface area (Å²) < 4.78 is 21.3. The van der Waals surface area contributed by atoms with Crippen LogP contribution >= 0.6 is 0 Å². The Morgan fingerprint density at radius 1 is 1.44 bits per heavy atom. The van der Waals surface area contributed by atoms with Gasteiger partial charge in [0.15, 0.2) is 0 Å². The molecule has 0 radical (unpaired) electrons. The summed E-state index contributed by atoms with van der Waals surface area (Å²) in [6, 6.07) is 3.09. The summed E-state index contributed by atoms with van der Waals surface area (Å²) in [7, 11) is -3.49. The van der Waals surface area contributed by atoms with Crippen LogP contribution in [0.1, 0.15) is 16.9 Å². The maximum atomic E-state index is 11.6. The third-order valence-corrected chi connectivity index (χ3v) is 2.91. The van der Waals surface area contributed by atoms with Crippen molar-refractivity contribution >= 4 is 21.6 Å². The molecule has 0 bridgehead atoms. The lowest BCUT2D eigenvalue weighted by Gasteiger charge is -2.05. The number of nitrogens with zero attached hydrogens (tertiary/aromatic N) is 1. The van der Waals surface area contributed by atoms with Crippen molar-refractivity contribution in [2.75, 3.05) is 17.7 Å². The number of hydrogen-bond acceptors (Lipinski definition) is 6. The molecule has 100 valence electrons. The van der Waals surface area contributed by atoms with Gasteiger partial charge in [0.2, 0.25) is 10.0 Å². The Bertz CT molecular complexity index is 517. The number of sulfonamides is 1. The van der Waals surface area contributed by atoms with Crippen molar-refractivity contribution in [1.29, 1.82) is 0 Å². The number of hydrogen-bond donors (Lipinski definition) is 4. The lowest BCUT2D eigenvalue weighted by atomic mass is 10.3. The normalized spacial score (nSPS) is 11.0. The van der Waals surface area contributed by atoms with Crippen LogP contribution in [0.5, 0.6) is 0 Å². The van der Waals surface area contributed by atoms with E-state index in [4.69, 9.17) is 11.0 Å². The first kappa shape index (κ1) is 14.4. The molecule has 6 N–H and O–H groups in total. The van der Waals surface area contributed by atoms with Crippen molar-refractivity contribution in [3.63, 3.8) is 0 Å². The molecule has 1 aromatic heterocycles. The Morgan fingerprint density at radius 2 is 2.17 bits per heavy atom. The number of nitrogens with two attached hydrogens (primary N) is 2. The largest absolute Gasteiger partial charge is 0.351 e. The number of nitrogens with one attached hydrogen (secondary N) is 2. The highest BCUT2D eigenvalue weighted by molar-refractivity contribution is 7.89. The SMILES string of the molecule is NNc1ccnc(C(=O)NCCCS(N)(=O)=O)c1. The maximum Gasteiger partial charge on any atom is 0.269 e. The fourth-order valence-electron chi connectivity index (χ4n) is 1.21. The predicted octanol–water partition coefficient (Wildman–Crippen LogP) is -1.22. The number of carbonyl (C=O) groups excluding carboxylic acids is 1. The molecule has 0 atom stereocenters. The molecular weight excluding hydrogens is 258 g/mol. The monoisotopic (exact) mass is 273 g/mol. The van der Waals surface area contributed by atoms with Crippen LogP contribution in [0.2, 0.25) is 0 Å². The first-order valence-corrected chi connectivity index (χ1v) is 6.85. The topological polar surface area (TPSA) is 140 Å². The van der Waals surface area contributed by atoms with E-state index in [1.165, 1.54) is 12.3 Å². The van der Waals surface area contributed by atoms with Gasteiger partial charge in [-0.1, -0.05) is 0 Å². The van der Waals surface area contributed by atoms with Gasteiger partial charge in [0.25, 0.3) is 5.91 Å². The highest BCUT2D eigenvalue weighted by Crippen LogP contribution is 2.05. The third kappa shape index (κ3) is 5.08. The molecule has 0 saturated carbocycles. The minimum Gasteiger partial charge on any atom is -0.351 e. The summed E-state index contributed by atoms with van der Waals surface area (Å²) in [6.45, 7) is 0.206. The van der Waals surface area contributed by atoms with Gasteiger partial charge in [0.05, 0.1) is 11.4 Å². The predicted molar refractivity (Wildman–Crippen MR) is 67.0 cm³/mol. The summed E-state index contributed by atoms with van der Waals surface area (Å²) >= 11 is 0. The zero-order valence-corrected chi connectivity index (χ0v) is 10.4. The van der Waals surface area contributed by atoms with Crippen LogP contribution in [-0.4, -0.2) is 31.6 Å². The van der Waals surface area contributed by atoms with Gasteiger partial charge < -0.3 is 10.7 Å². The van der Waals surface area contributed by atoms with Crippen LogP contribution in [0, 0.1) is 0 Å². The minimum atomic E-state index is -3.49. The summed E-state index contributed by atoms with van der Waals surface area (Å²) in [5.74, 6) is 4.62. The van der Waals surface area contributed by atoms with Crippen molar-refractivity contribution in [3.8, 4) is 0 Å². The number of primary sulfonamides is 1. The lowest BCUT2D eigenvalue weighted by Crippen LogP contribution is -2.28. The summed E-state index contributed by atoms with van der Waals surface area (Å²) in [5.41, 5.74) is 3.14. The number of anilines is 1. The molecule has 0 aliphatic heterocycles. The van der Waals surface area contributed by atoms with E-state index in [-0.39, 0.29) is 24.4 Å². The molecule has 0 spiro atoms. The molecule has 0 unspecified atom stereocenters. The molecule has 0 fully saturated rings. The zero-order valence-electron chi connectivity index (χ0n) is 9.59. The van der Waals surface area contributed by atoms with E-state index in [0.29, 0.717) is 5.69 Å². The molecular formula is C9H15N5O3S. The Hall–Kier alpha value is -1.71.